The van der Waals surface area contributed by atoms with E-state index in [-0.39, 0.29) is 5.91 Å². The zero-order chi connectivity index (χ0) is 24.0. The molecule has 1 aliphatic carbocycles. The van der Waals surface area contributed by atoms with Crippen molar-refractivity contribution in [2.75, 3.05) is 32.7 Å². The van der Waals surface area contributed by atoms with E-state index >= 15 is 0 Å². The molecule has 0 atom stereocenters. The van der Waals surface area contributed by atoms with Gasteiger partial charge in [0, 0.05) is 44.8 Å². The number of allylic oxidation sites excluding steroid dienone is 1. The summed E-state index contributed by atoms with van der Waals surface area (Å²) in [6.45, 7) is 5.70. The Morgan fingerprint density at radius 1 is 0.941 bits per heavy atom. The maximum absolute atomic E-state index is 12.9. The highest BCUT2D eigenvalue weighted by molar-refractivity contribution is 7.89. The van der Waals surface area contributed by atoms with Gasteiger partial charge in [-0.05, 0) is 68.9 Å². The van der Waals surface area contributed by atoms with E-state index in [2.05, 4.69) is 16.3 Å². The topological polar surface area (TPSA) is 69.7 Å². The van der Waals surface area contributed by atoms with Gasteiger partial charge in [-0.3, -0.25) is 9.69 Å². The summed E-state index contributed by atoms with van der Waals surface area (Å²) in [5.41, 5.74) is 4.31. The highest BCUT2D eigenvalue weighted by Gasteiger charge is 2.28. The summed E-state index contributed by atoms with van der Waals surface area (Å²) in [7, 11) is -3.45. The first-order valence-corrected chi connectivity index (χ1v) is 13.7. The van der Waals surface area contributed by atoms with E-state index < -0.39 is 10.0 Å². The van der Waals surface area contributed by atoms with Crippen LogP contribution in [0.5, 0.6) is 0 Å². The van der Waals surface area contributed by atoms with Gasteiger partial charge < -0.3 is 5.32 Å². The molecule has 1 amide bonds. The summed E-state index contributed by atoms with van der Waals surface area (Å²) in [5, 5.41) is 3.03. The van der Waals surface area contributed by atoms with Crippen LogP contribution in [0.15, 0.2) is 65.1 Å². The molecular weight excluding hydrogens is 446 g/mol. The lowest BCUT2D eigenvalue weighted by molar-refractivity contribution is 0.0954. The highest BCUT2D eigenvalue weighted by atomic mass is 32.2. The van der Waals surface area contributed by atoms with Gasteiger partial charge in [-0.2, -0.15) is 4.31 Å². The van der Waals surface area contributed by atoms with Crippen LogP contribution in [0, 0.1) is 6.92 Å². The fourth-order valence-electron chi connectivity index (χ4n) is 4.58. The van der Waals surface area contributed by atoms with Crippen molar-refractivity contribution in [3.63, 3.8) is 0 Å². The molecule has 4 rings (SSSR count). The normalized spacial score (nSPS) is 17.9. The van der Waals surface area contributed by atoms with Gasteiger partial charge in [0.2, 0.25) is 10.0 Å². The van der Waals surface area contributed by atoms with Crippen molar-refractivity contribution < 1.29 is 13.2 Å². The molecule has 0 saturated carbocycles. The van der Waals surface area contributed by atoms with Crippen molar-refractivity contribution >= 4 is 15.9 Å². The molecule has 1 aliphatic heterocycles. The number of nitrogens with one attached hydrogen (secondary N) is 1. The molecule has 1 heterocycles. The maximum atomic E-state index is 12.9. The largest absolute Gasteiger partial charge is 0.352 e. The highest BCUT2D eigenvalue weighted by Crippen LogP contribution is 2.20. The minimum atomic E-state index is -3.45. The Labute approximate surface area is 203 Å². The number of carbonyl (C=O) groups excluding carboxylic acids is 1. The molecule has 6 nitrogen and oxygen atoms in total. The third kappa shape index (κ3) is 6.34. The fourth-order valence-corrected chi connectivity index (χ4v) is 6.00. The van der Waals surface area contributed by atoms with E-state index in [0.717, 1.165) is 30.5 Å². The Morgan fingerprint density at radius 2 is 1.65 bits per heavy atom. The Balaban J connectivity index is 1.23. The zero-order valence-corrected chi connectivity index (χ0v) is 20.8. The zero-order valence-electron chi connectivity index (χ0n) is 20.0. The number of aryl methyl sites for hydroxylation is 1. The van der Waals surface area contributed by atoms with Crippen LogP contribution in [0.3, 0.4) is 0 Å². The molecule has 0 radical (unpaired) electrons. The second-order valence-corrected chi connectivity index (χ2v) is 11.2. The van der Waals surface area contributed by atoms with Crippen molar-refractivity contribution in [1.82, 2.24) is 14.5 Å². The van der Waals surface area contributed by atoms with Crippen LogP contribution in [0.25, 0.3) is 0 Å². The van der Waals surface area contributed by atoms with E-state index in [0.29, 0.717) is 43.2 Å². The average molecular weight is 482 g/mol. The van der Waals surface area contributed by atoms with Gasteiger partial charge in [-0.15, -0.1) is 0 Å². The summed E-state index contributed by atoms with van der Waals surface area (Å²) >= 11 is 0. The third-order valence-electron chi connectivity index (χ3n) is 6.73. The number of hydrogen-bond acceptors (Lipinski definition) is 4. The summed E-state index contributed by atoms with van der Waals surface area (Å²) in [5.74, 6) is -0.0297. The first-order valence-electron chi connectivity index (χ1n) is 12.3. The lowest BCUT2D eigenvalue weighted by Crippen LogP contribution is -2.48. The molecular formula is C27H35N3O3S. The van der Waals surface area contributed by atoms with Crippen LogP contribution in [-0.2, 0) is 16.6 Å². The van der Waals surface area contributed by atoms with Gasteiger partial charge in [0.15, 0.2) is 0 Å². The van der Waals surface area contributed by atoms with Crippen LogP contribution in [-0.4, -0.2) is 56.3 Å². The smallest absolute Gasteiger partial charge is 0.251 e. The number of carbonyl (C=O) groups is 1. The molecule has 0 aromatic heterocycles. The SMILES string of the molecule is Cc1ccc(S(=O)(=O)N2CCN(Cc3ccc(C(=O)NCCC4=CCCCC4)cc3)CC2)cc1. The van der Waals surface area contributed by atoms with Crippen LogP contribution in [0.2, 0.25) is 0 Å². The number of piperazine rings is 1. The average Bonchev–Trinajstić information content (AvgIpc) is 2.86. The number of nitrogens with zero attached hydrogens (tertiary/aromatic N) is 2. The Hall–Kier alpha value is -2.48. The molecule has 1 N–H and O–H groups in total. The molecule has 0 bridgehead atoms. The molecule has 0 unspecified atom stereocenters. The minimum Gasteiger partial charge on any atom is -0.352 e. The first kappa shape index (κ1) is 24.6. The van der Waals surface area contributed by atoms with E-state index in [4.69, 9.17) is 0 Å². The maximum Gasteiger partial charge on any atom is 0.251 e. The molecule has 0 spiro atoms. The van der Waals surface area contributed by atoms with E-state index in [1.807, 2.05) is 43.3 Å². The number of rotatable bonds is 8. The number of sulfonamides is 1. The molecule has 2 aliphatic rings. The van der Waals surface area contributed by atoms with Crippen LogP contribution in [0.1, 0.15) is 53.6 Å². The molecule has 34 heavy (non-hydrogen) atoms. The summed E-state index contributed by atoms with van der Waals surface area (Å²) < 4.78 is 27.4. The predicted octanol–water partition coefficient (Wildman–Crippen LogP) is 4.12. The van der Waals surface area contributed by atoms with Gasteiger partial charge in [0.25, 0.3) is 5.91 Å². The lowest BCUT2D eigenvalue weighted by atomic mass is 9.97. The van der Waals surface area contributed by atoms with Gasteiger partial charge in [0.1, 0.15) is 0 Å². The molecule has 7 heteroatoms. The second-order valence-electron chi connectivity index (χ2n) is 9.30. The van der Waals surface area contributed by atoms with Crippen molar-refractivity contribution in [3.05, 3.63) is 76.9 Å². The van der Waals surface area contributed by atoms with Crippen LogP contribution < -0.4 is 5.32 Å². The minimum absolute atomic E-state index is 0.0297. The van der Waals surface area contributed by atoms with Gasteiger partial charge in [0.05, 0.1) is 4.90 Å². The predicted molar refractivity (Wildman–Crippen MR) is 135 cm³/mol. The molecule has 2 aromatic carbocycles. The Morgan fingerprint density at radius 3 is 2.29 bits per heavy atom. The Kier molecular flexibility index (Phi) is 8.19. The van der Waals surface area contributed by atoms with Crippen molar-refractivity contribution in [3.8, 4) is 0 Å². The fraction of sp³-hybridized carbons (Fsp3) is 0.444. The van der Waals surface area contributed by atoms with E-state index in [1.54, 1.807) is 16.4 Å². The summed E-state index contributed by atoms with van der Waals surface area (Å²) in [6, 6.07) is 14.8. The first-order chi connectivity index (χ1) is 16.4. The van der Waals surface area contributed by atoms with Crippen molar-refractivity contribution in [2.24, 2.45) is 0 Å². The van der Waals surface area contributed by atoms with Gasteiger partial charge >= 0.3 is 0 Å². The summed E-state index contributed by atoms with van der Waals surface area (Å²) in [6.07, 6.45) is 8.14. The molecule has 1 fully saturated rings. The molecule has 2 aromatic rings. The van der Waals surface area contributed by atoms with Crippen LogP contribution >= 0.6 is 0 Å². The number of benzene rings is 2. The second kappa shape index (κ2) is 11.3. The quantitative estimate of drug-likeness (QED) is 0.576. The number of amides is 1. The third-order valence-corrected chi connectivity index (χ3v) is 8.64. The Bertz CT molecular complexity index is 1100. The van der Waals surface area contributed by atoms with Crippen molar-refractivity contribution in [1.29, 1.82) is 0 Å². The van der Waals surface area contributed by atoms with Crippen LogP contribution in [0.4, 0.5) is 0 Å². The monoisotopic (exact) mass is 481 g/mol. The van der Waals surface area contributed by atoms with Crippen molar-refractivity contribution in [2.45, 2.75) is 50.5 Å². The van der Waals surface area contributed by atoms with E-state index in [9.17, 15) is 13.2 Å². The number of hydrogen-bond donors (Lipinski definition) is 1. The van der Waals surface area contributed by atoms with Gasteiger partial charge in [-0.1, -0.05) is 41.5 Å². The summed E-state index contributed by atoms with van der Waals surface area (Å²) in [4.78, 5) is 15.1. The van der Waals surface area contributed by atoms with Gasteiger partial charge in [-0.25, -0.2) is 8.42 Å². The molecule has 1 saturated heterocycles. The van der Waals surface area contributed by atoms with E-state index in [1.165, 1.54) is 24.8 Å². The molecule has 182 valence electrons. The standard InChI is InChI=1S/C27H35N3O3S/c1-22-7-13-26(14-8-22)34(32,33)30-19-17-29(18-20-30)21-24-9-11-25(12-10-24)27(31)28-16-15-23-5-3-2-4-6-23/h5,7-14H,2-4,6,15-21H2,1H3,(H,28,31). The lowest BCUT2D eigenvalue weighted by Gasteiger charge is -2.34.